The Labute approximate surface area is 154 Å². The van der Waals surface area contributed by atoms with Crippen molar-refractivity contribution in [3.63, 3.8) is 0 Å². The van der Waals surface area contributed by atoms with Gasteiger partial charge in [-0.3, -0.25) is 0 Å². The molecule has 4 rings (SSSR count). The Kier molecular flexibility index (Phi) is 4.38. The van der Waals surface area contributed by atoms with Crippen molar-refractivity contribution in [3.05, 3.63) is 58.4 Å². The summed E-state index contributed by atoms with van der Waals surface area (Å²) in [5.41, 5.74) is 2.28. The standard InChI is InChI=1S/C19H17N3OS2/c1-12(16-4-3-9-24-16)22-18-17-15(10-25-19(17)21-11-20-18)13-5-7-14(23-2)8-6-13/h3-12H,1-2H3,(H,20,21,22). The van der Waals surface area contributed by atoms with E-state index in [1.54, 1.807) is 36.1 Å². The summed E-state index contributed by atoms with van der Waals surface area (Å²) in [5, 5.41) is 8.85. The Morgan fingerprint density at radius 1 is 1.08 bits per heavy atom. The molecular formula is C19H17N3OS2. The van der Waals surface area contributed by atoms with Gasteiger partial charge in [-0.1, -0.05) is 18.2 Å². The number of benzene rings is 1. The number of thiophene rings is 2. The van der Waals surface area contributed by atoms with Gasteiger partial charge >= 0.3 is 0 Å². The molecule has 3 heterocycles. The Balaban J connectivity index is 1.76. The molecule has 4 aromatic rings. The van der Waals surface area contributed by atoms with Crippen LogP contribution in [0.1, 0.15) is 17.8 Å². The van der Waals surface area contributed by atoms with E-state index in [9.17, 15) is 0 Å². The van der Waals surface area contributed by atoms with Gasteiger partial charge in [0.25, 0.3) is 0 Å². The molecule has 1 N–H and O–H groups in total. The number of aromatic nitrogens is 2. The summed E-state index contributed by atoms with van der Waals surface area (Å²) in [6, 6.07) is 12.5. The molecule has 0 aliphatic carbocycles. The van der Waals surface area contributed by atoms with Crippen LogP contribution in [-0.2, 0) is 0 Å². The number of fused-ring (bicyclic) bond motifs is 1. The molecule has 1 aromatic carbocycles. The van der Waals surface area contributed by atoms with Gasteiger partial charge in [0.2, 0.25) is 0 Å². The molecular weight excluding hydrogens is 350 g/mol. The van der Waals surface area contributed by atoms with Crippen molar-refractivity contribution in [2.24, 2.45) is 0 Å². The van der Waals surface area contributed by atoms with Gasteiger partial charge in [0.15, 0.2) is 0 Å². The van der Waals surface area contributed by atoms with Crippen molar-refractivity contribution in [2.75, 3.05) is 12.4 Å². The Morgan fingerprint density at radius 2 is 1.92 bits per heavy atom. The van der Waals surface area contributed by atoms with Crippen molar-refractivity contribution in [2.45, 2.75) is 13.0 Å². The zero-order valence-electron chi connectivity index (χ0n) is 13.9. The molecule has 3 aromatic heterocycles. The van der Waals surface area contributed by atoms with Gasteiger partial charge in [0.1, 0.15) is 22.7 Å². The topological polar surface area (TPSA) is 47.0 Å². The average Bonchev–Trinajstić information content (AvgIpc) is 3.32. The zero-order chi connectivity index (χ0) is 17.2. The number of nitrogens with zero attached hydrogens (tertiary/aromatic N) is 2. The van der Waals surface area contributed by atoms with Crippen LogP contribution in [0.15, 0.2) is 53.5 Å². The van der Waals surface area contributed by atoms with Crippen molar-refractivity contribution < 1.29 is 4.74 Å². The van der Waals surface area contributed by atoms with Gasteiger partial charge < -0.3 is 10.1 Å². The van der Waals surface area contributed by atoms with E-state index in [1.807, 2.05) is 12.1 Å². The summed E-state index contributed by atoms with van der Waals surface area (Å²) in [6.07, 6.45) is 1.63. The number of hydrogen-bond acceptors (Lipinski definition) is 6. The predicted molar refractivity (Wildman–Crippen MR) is 106 cm³/mol. The van der Waals surface area contributed by atoms with Crippen LogP contribution in [-0.4, -0.2) is 17.1 Å². The number of nitrogens with one attached hydrogen (secondary N) is 1. The van der Waals surface area contributed by atoms with E-state index in [-0.39, 0.29) is 6.04 Å². The zero-order valence-corrected chi connectivity index (χ0v) is 15.5. The Morgan fingerprint density at radius 3 is 2.64 bits per heavy atom. The minimum absolute atomic E-state index is 0.196. The van der Waals surface area contributed by atoms with Crippen LogP contribution in [0.2, 0.25) is 0 Å². The monoisotopic (exact) mass is 367 g/mol. The van der Waals surface area contributed by atoms with Crippen molar-refractivity contribution in [3.8, 4) is 16.9 Å². The fourth-order valence-corrected chi connectivity index (χ4v) is 4.43. The lowest BCUT2D eigenvalue weighted by molar-refractivity contribution is 0.415. The highest BCUT2D eigenvalue weighted by atomic mass is 32.1. The molecule has 0 aliphatic heterocycles. The van der Waals surface area contributed by atoms with E-state index in [1.165, 1.54) is 4.88 Å². The fourth-order valence-electron chi connectivity index (χ4n) is 2.78. The highest BCUT2D eigenvalue weighted by Gasteiger charge is 2.15. The van der Waals surface area contributed by atoms with Crippen LogP contribution in [0, 0.1) is 0 Å². The summed E-state index contributed by atoms with van der Waals surface area (Å²) < 4.78 is 5.26. The first-order valence-electron chi connectivity index (χ1n) is 7.93. The van der Waals surface area contributed by atoms with Crippen molar-refractivity contribution in [1.29, 1.82) is 0 Å². The molecule has 0 saturated carbocycles. The number of hydrogen-bond donors (Lipinski definition) is 1. The molecule has 0 aliphatic rings. The maximum Gasteiger partial charge on any atom is 0.139 e. The molecule has 0 amide bonds. The van der Waals surface area contributed by atoms with E-state index < -0.39 is 0 Å². The van der Waals surface area contributed by atoms with Gasteiger partial charge in [0.05, 0.1) is 18.5 Å². The smallest absolute Gasteiger partial charge is 0.139 e. The third-order valence-corrected chi connectivity index (χ3v) is 6.04. The average molecular weight is 367 g/mol. The van der Waals surface area contributed by atoms with Gasteiger partial charge in [-0.15, -0.1) is 22.7 Å². The SMILES string of the molecule is COc1ccc(-c2csc3ncnc(NC(C)c4cccs4)c23)cc1. The third kappa shape index (κ3) is 3.10. The fraction of sp³-hybridized carbons (Fsp3) is 0.158. The molecule has 0 saturated heterocycles. The lowest BCUT2D eigenvalue weighted by Gasteiger charge is -2.14. The first-order valence-corrected chi connectivity index (χ1v) is 9.69. The lowest BCUT2D eigenvalue weighted by Crippen LogP contribution is -2.07. The minimum atomic E-state index is 0.196. The molecule has 1 atom stereocenters. The van der Waals surface area contributed by atoms with E-state index in [4.69, 9.17) is 4.74 Å². The maximum absolute atomic E-state index is 5.26. The van der Waals surface area contributed by atoms with Crippen molar-refractivity contribution in [1.82, 2.24) is 9.97 Å². The highest BCUT2D eigenvalue weighted by Crippen LogP contribution is 2.38. The number of methoxy groups -OCH3 is 1. The van der Waals surface area contributed by atoms with Crippen LogP contribution in [0.5, 0.6) is 5.75 Å². The third-order valence-electron chi connectivity index (χ3n) is 4.09. The summed E-state index contributed by atoms with van der Waals surface area (Å²) in [7, 11) is 1.68. The molecule has 126 valence electrons. The van der Waals surface area contributed by atoms with Crippen molar-refractivity contribution >= 4 is 38.7 Å². The number of rotatable bonds is 5. The van der Waals surface area contributed by atoms with Crippen LogP contribution >= 0.6 is 22.7 Å². The van der Waals surface area contributed by atoms with Crippen LogP contribution in [0.4, 0.5) is 5.82 Å². The van der Waals surface area contributed by atoms with Gasteiger partial charge in [-0.05, 0) is 36.1 Å². The predicted octanol–water partition coefficient (Wildman–Crippen LogP) is 5.60. The van der Waals surface area contributed by atoms with Crippen LogP contribution in [0.3, 0.4) is 0 Å². The quantitative estimate of drug-likeness (QED) is 0.499. The molecule has 0 bridgehead atoms. The van der Waals surface area contributed by atoms with Crippen LogP contribution in [0.25, 0.3) is 21.3 Å². The second-order valence-corrected chi connectivity index (χ2v) is 7.50. The lowest BCUT2D eigenvalue weighted by atomic mass is 10.1. The largest absolute Gasteiger partial charge is 0.497 e. The second kappa shape index (κ2) is 6.82. The van der Waals surface area contributed by atoms with E-state index >= 15 is 0 Å². The maximum atomic E-state index is 5.26. The number of anilines is 1. The molecule has 25 heavy (non-hydrogen) atoms. The second-order valence-electron chi connectivity index (χ2n) is 5.66. The molecule has 6 heteroatoms. The Bertz CT molecular complexity index is 978. The molecule has 0 spiro atoms. The van der Waals surface area contributed by atoms with Gasteiger partial charge in [-0.25, -0.2) is 9.97 Å². The summed E-state index contributed by atoms with van der Waals surface area (Å²) in [5.74, 6) is 1.72. The highest BCUT2D eigenvalue weighted by molar-refractivity contribution is 7.17. The normalized spacial score (nSPS) is 12.2. The summed E-state index contributed by atoms with van der Waals surface area (Å²) in [6.45, 7) is 2.15. The first-order chi connectivity index (χ1) is 12.3. The molecule has 1 unspecified atom stereocenters. The van der Waals surface area contributed by atoms with E-state index in [2.05, 4.69) is 57.2 Å². The molecule has 0 fully saturated rings. The Hall–Kier alpha value is -2.44. The van der Waals surface area contributed by atoms with Crippen LogP contribution < -0.4 is 10.1 Å². The van der Waals surface area contributed by atoms with Gasteiger partial charge in [-0.2, -0.15) is 0 Å². The molecule has 4 nitrogen and oxygen atoms in total. The minimum Gasteiger partial charge on any atom is -0.497 e. The van der Waals surface area contributed by atoms with E-state index in [0.717, 1.165) is 32.9 Å². The summed E-state index contributed by atoms with van der Waals surface area (Å²) in [4.78, 5) is 11.2. The first kappa shape index (κ1) is 16.1. The molecule has 0 radical (unpaired) electrons. The number of ether oxygens (including phenoxy) is 1. The van der Waals surface area contributed by atoms with E-state index in [0.29, 0.717) is 0 Å². The summed E-state index contributed by atoms with van der Waals surface area (Å²) >= 11 is 3.38. The van der Waals surface area contributed by atoms with Gasteiger partial charge in [0, 0.05) is 15.8 Å².